The molecule has 0 N–H and O–H groups in total. The van der Waals surface area contributed by atoms with E-state index in [1.165, 1.54) is 5.56 Å². The summed E-state index contributed by atoms with van der Waals surface area (Å²) in [4.78, 5) is 0. The third-order valence-electron chi connectivity index (χ3n) is 1.87. The van der Waals surface area contributed by atoms with Crippen molar-refractivity contribution in [2.24, 2.45) is 0 Å². The molecule has 0 saturated heterocycles. The summed E-state index contributed by atoms with van der Waals surface area (Å²) >= 11 is 0. The zero-order valence-corrected chi connectivity index (χ0v) is 9.58. The van der Waals surface area contributed by atoms with Gasteiger partial charge in [0.05, 0.1) is 27.7 Å². The highest BCUT2D eigenvalue weighted by Crippen LogP contribution is 2.15. The van der Waals surface area contributed by atoms with Crippen LogP contribution in [0.25, 0.3) is 0 Å². The predicted octanol–water partition coefficient (Wildman–Crippen LogP) is 2.29. The lowest BCUT2D eigenvalue weighted by molar-refractivity contribution is -0.884. The molecule has 0 heterocycles. The van der Waals surface area contributed by atoms with Crippen molar-refractivity contribution >= 4 is 0 Å². The van der Waals surface area contributed by atoms with E-state index in [9.17, 15) is 0 Å². The Morgan fingerprint density at radius 2 is 1.93 bits per heavy atom. The van der Waals surface area contributed by atoms with E-state index in [2.05, 4.69) is 39.3 Å². The Bertz CT molecular complexity index is 289. The summed E-state index contributed by atoms with van der Waals surface area (Å²) in [6, 6.07) is 8.32. The van der Waals surface area contributed by atoms with Crippen LogP contribution in [-0.2, 0) is 6.54 Å². The number of rotatable bonds is 4. The second-order valence-corrected chi connectivity index (χ2v) is 4.53. The molecule has 0 bridgehead atoms. The SMILES string of the molecule is CCOc1cccc(C[N+](C)(C)C)c1. The number of hydrogen-bond donors (Lipinski definition) is 0. The Balaban J connectivity index is 2.73. The molecule has 1 rings (SSSR count). The Labute approximate surface area is 86.7 Å². The van der Waals surface area contributed by atoms with E-state index in [4.69, 9.17) is 4.74 Å². The average molecular weight is 194 g/mol. The van der Waals surface area contributed by atoms with Crippen molar-refractivity contribution in [2.75, 3.05) is 27.7 Å². The number of benzene rings is 1. The first-order valence-electron chi connectivity index (χ1n) is 5.03. The predicted molar refractivity (Wildman–Crippen MR) is 59.3 cm³/mol. The minimum atomic E-state index is 0.730. The monoisotopic (exact) mass is 194 g/mol. The van der Waals surface area contributed by atoms with E-state index >= 15 is 0 Å². The highest BCUT2D eigenvalue weighted by atomic mass is 16.5. The van der Waals surface area contributed by atoms with Gasteiger partial charge in [0.25, 0.3) is 0 Å². The van der Waals surface area contributed by atoms with Crippen LogP contribution in [0.2, 0.25) is 0 Å². The van der Waals surface area contributed by atoms with Gasteiger partial charge in [0, 0.05) is 5.56 Å². The summed E-state index contributed by atoms with van der Waals surface area (Å²) in [5, 5.41) is 0. The molecular weight excluding hydrogens is 174 g/mol. The largest absolute Gasteiger partial charge is 0.494 e. The van der Waals surface area contributed by atoms with Gasteiger partial charge in [0.15, 0.2) is 0 Å². The van der Waals surface area contributed by atoms with Gasteiger partial charge in [-0.15, -0.1) is 0 Å². The van der Waals surface area contributed by atoms with Crippen LogP contribution in [0, 0.1) is 0 Å². The van der Waals surface area contributed by atoms with Gasteiger partial charge in [-0.2, -0.15) is 0 Å². The molecule has 78 valence electrons. The minimum Gasteiger partial charge on any atom is -0.494 e. The molecule has 0 atom stereocenters. The highest BCUT2D eigenvalue weighted by Gasteiger charge is 2.08. The number of ether oxygens (including phenoxy) is 1. The fraction of sp³-hybridized carbons (Fsp3) is 0.500. The molecule has 14 heavy (non-hydrogen) atoms. The Hall–Kier alpha value is -1.02. The summed E-state index contributed by atoms with van der Waals surface area (Å²) in [6.07, 6.45) is 0. The lowest BCUT2D eigenvalue weighted by Gasteiger charge is -2.24. The maximum absolute atomic E-state index is 5.45. The lowest BCUT2D eigenvalue weighted by atomic mass is 10.2. The first kappa shape index (κ1) is 11.1. The number of hydrogen-bond acceptors (Lipinski definition) is 1. The van der Waals surface area contributed by atoms with E-state index in [0.717, 1.165) is 23.4 Å². The standard InChI is InChI=1S/C12H20NO/c1-5-14-12-8-6-7-11(9-12)10-13(2,3)4/h6-9H,5,10H2,1-4H3/q+1. The molecule has 2 nitrogen and oxygen atoms in total. The average Bonchev–Trinajstić information content (AvgIpc) is 2.02. The molecule has 0 radical (unpaired) electrons. The Morgan fingerprint density at radius 1 is 1.21 bits per heavy atom. The molecule has 2 heteroatoms. The summed E-state index contributed by atoms with van der Waals surface area (Å²) in [5.41, 5.74) is 1.32. The molecule has 0 saturated carbocycles. The third kappa shape index (κ3) is 3.79. The number of quaternary nitrogens is 1. The highest BCUT2D eigenvalue weighted by molar-refractivity contribution is 5.27. The van der Waals surface area contributed by atoms with Gasteiger partial charge in [-0.05, 0) is 19.1 Å². The maximum atomic E-state index is 5.45. The molecule has 0 spiro atoms. The van der Waals surface area contributed by atoms with Crippen LogP contribution in [0.4, 0.5) is 0 Å². The van der Waals surface area contributed by atoms with E-state index in [-0.39, 0.29) is 0 Å². The smallest absolute Gasteiger partial charge is 0.119 e. The molecule has 0 aliphatic carbocycles. The van der Waals surface area contributed by atoms with Gasteiger partial charge in [-0.1, -0.05) is 12.1 Å². The summed E-state index contributed by atoms with van der Waals surface area (Å²) in [5.74, 6) is 0.971. The van der Waals surface area contributed by atoms with Gasteiger partial charge in [-0.3, -0.25) is 0 Å². The Kier molecular flexibility index (Phi) is 3.53. The zero-order valence-electron chi connectivity index (χ0n) is 9.58. The second kappa shape index (κ2) is 4.47. The van der Waals surface area contributed by atoms with Crippen LogP contribution in [0.15, 0.2) is 24.3 Å². The van der Waals surface area contributed by atoms with Crippen molar-refractivity contribution in [1.29, 1.82) is 0 Å². The molecule has 0 aliphatic heterocycles. The molecular formula is C12H20NO+. The third-order valence-corrected chi connectivity index (χ3v) is 1.87. The van der Waals surface area contributed by atoms with Crippen LogP contribution in [0.1, 0.15) is 12.5 Å². The lowest BCUT2D eigenvalue weighted by Crippen LogP contribution is -2.33. The summed E-state index contributed by atoms with van der Waals surface area (Å²) < 4.78 is 6.39. The Morgan fingerprint density at radius 3 is 2.50 bits per heavy atom. The zero-order chi connectivity index (χ0) is 10.6. The topological polar surface area (TPSA) is 9.23 Å². The molecule has 0 aliphatic rings. The van der Waals surface area contributed by atoms with Crippen LogP contribution in [0.3, 0.4) is 0 Å². The molecule has 1 aromatic rings. The van der Waals surface area contributed by atoms with Crippen molar-refractivity contribution in [3.05, 3.63) is 29.8 Å². The van der Waals surface area contributed by atoms with Crippen molar-refractivity contribution in [3.8, 4) is 5.75 Å². The van der Waals surface area contributed by atoms with Crippen molar-refractivity contribution in [2.45, 2.75) is 13.5 Å². The van der Waals surface area contributed by atoms with Crippen LogP contribution >= 0.6 is 0 Å². The summed E-state index contributed by atoms with van der Waals surface area (Å²) in [7, 11) is 6.56. The van der Waals surface area contributed by atoms with Gasteiger partial charge in [0.1, 0.15) is 12.3 Å². The van der Waals surface area contributed by atoms with Gasteiger partial charge in [0.2, 0.25) is 0 Å². The van der Waals surface area contributed by atoms with E-state index < -0.39 is 0 Å². The molecule has 0 fully saturated rings. The molecule has 0 unspecified atom stereocenters. The van der Waals surface area contributed by atoms with E-state index in [0.29, 0.717) is 0 Å². The van der Waals surface area contributed by atoms with Gasteiger partial charge >= 0.3 is 0 Å². The molecule has 0 aromatic heterocycles. The van der Waals surface area contributed by atoms with Crippen LogP contribution < -0.4 is 4.74 Å². The maximum Gasteiger partial charge on any atom is 0.119 e. The molecule has 0 amide bonds. The minimum absolute atomic E-state index is 0.730. The first-order chi connectivity index (χ1) is 6.51. The molecule has 1 aromatic carbocycles. The summed E-state index contributed by atoms with van der Waals surface area (Å²) in [6.45, 7) is 3.77. The number of nitrogens with zero attached hydrogens (tertiary/aromatic N) is 1. The van der Waals surface area contributed by atoms with E-state index in [1.54, 1.807) is 0 Å². The van der Waals surface area contributed by atoms with Crippen molar-refractivity contribution < 1.29 is 9.22 Å². The fourth-order valence-corrected chi connectivity index (χ4v) is 1.45. The first-order valence-corrected chi connectivity index (χ1v) is 5.03. The van der Waals surface area contributed by atoms with Crippen molar-refractivity contribution in [3.63, 3.8) is 0 Å². The van der Waals surface area contributed by atoms with Gasteiger partial charge in [-0.25, -0.2) is 0 Å². The van der Waals surface area contributed by atoms with Crippen LogP contribution in [0.5, 0.6) is 5.75 Å². The quantitative estimate of drug-likeness (QED) is 0.668. The second-order valence-electron chi connectivity index (χ2n) is 4.53. The van der Waals surface area contributed by atoms with E-state index in [1.807, 2.05) is 13.0 Å². The van der Waals surface area contributed by atoms with Crippen LogP contribution in [-0.4, -0.2) is 32.2 Å². The fourth-order valence-electron chi connectivity index (χ4n) is 1.45. The van der Waals surface area contributed by atoms with Crippen molar-refractivity contribution in [1.82, 2.24) is 0 Å². The van der Waals surface area contributed by atoms with Gasteiger partial charge < -0.3 is 9.22 Å². The normalized spacial score (nSPS) is 11.4.